The van der Waals surface area contributed by atoms with Gasteiger partial charge in [0.05, 0.1) is 18.9 Å². The van der Waals surface area contributed by atoms with Gasteiger partial charge in [-0.25, -0.2) is 4.79 Å². The molecule has 0 radical (unpaired) electrons. The molecule has 1 rings (SSSR count). The highest BCUT2D eigenvalue weighted by Gasteiger charge is 2.16. The van der Waals surface area contributed by atoms with Gasteiger partial charge in [0.15, 0.2) is 5.75 Å². The summed E-state index contributed by atoms with van der Waals surface area (Å²) in [6.07, 6.45) is 0.801. The van der Waals surface area contributed by atoms with Crippen LogP contribution < -0.4 is 4.74 Å². The number of aromatic nitrogens is 1. The first kappa shape index (κ1) is 13.8. The number of carbonyl (C=O) groups excluding carboxylic acids is 1. The van der Waals surface area contributed by atoms with E-state index in [1.165, 1.54) is 0 Å². The lowest BCUT2D eigenvalue weighted by atomic mass is 10.1. The molecule has 1 heterocycles. The monoisotopic (exact) mass is 257 g/mol. The number of rotatable bonds is 4. The molecule has 1 N–H and O–H groups in total. The van der Waals surface area contributed by atoms with E-state index in [2.05, 4.69) is 22.3 Å². The quantitative estimate of drug-likeness (QED) is 0.636. The SMILES string of the molecule is CCOC(=O)Oc1c(C)ncc(CS)c1CO. The molecule has 6 heteroatoms. The zero-order chi connectivity index (χ0) is 12.8. The molecule has 0 bridgehead atoms. The van der Waals surface area contributed by atoms with Gasteiger partial charge in [0.25, 0.3) is 0 Å². The van der Waals surface area contributed by atoms with Crippen molar-refractivity contribution in [3.63, 3.8) is 0 Å². The van der Waals surface area contributed by atoms with Crippen LogP contribution in [0.4, 0.5) is 4.79 Å². The number of carbonyl (C=O) groups is 1. The van der Waals surface area contributed by atoms with Crippen LogP contribution in [0.2, 0.25) is 0 Å². The van der Waals surface area contributed by atoms with E-state index in [0.717, 1.165) is 5.56 Å². The summed E-state index contributed by atoms with van der Waals surface area (Å²) in [4.78, 5) is 15.3. The molecule has 17 heavy (non-hydrogen) atoms. The lowest BCUT2D eigenvalue weighted by molar-refractivity contribution is 0.103. The molecule has 0 amide bonds. The Morgan fingerprint density at radius 1 is 1.59 bits per heavy atom. The lowest BCUT2D eigenvalue weighted by Crippen LogP contribution is -2.13. The summed E-state index contributed by atoms with van der Waals surface area (Å²) in [6, 6.07) is 0. The highest BCUT2D eigenvalue weighted by atomic mass is 32.1. The second kappa shape index (κ2) is 6.46. The van der Waals surface area contributed by atoms with Crippen LogP contribution >= 0.6 is 12.6 Å². The van der Waals surface area contributed by atoms with Gasteiger partial charge < -0.3 is 14.6 Å². The molecule has 0 aromatic carbocycles. The molecule has 0 aliphatic carbocycles. The highest BCUT2D eigenvalue weighted by Crippen LogP contribution is 2.26. The minimum absolute atomic E-state index is 0.228. The van der Waals surface area contributed by atoms with Gasteiger partial charge in [-0.3, -0.25) is 4.98 Å². The molecule has 94 valence electrons. The number of hydrogen-bond acceptors (Lipinski definition) is 6. The summed E-state index contributed by atoms with van der Waals surface area (Å²) in [6.45, 7) is 3.36. The maximum atomic E-state index is 11.3. The number of aliphatic hydroxyl groups is 1. The van der Waals surface area contributed by atoms with E-state index in [0.29, 0.717) is 17.0 Å². The van der Waals surface area contributed by atoms with Crippen molar-refractivity contribution >= 4 is 18.8 Å². The van der Waals surface area contributed by atoms with E-state index < -0.39 is 6.16 Å². The normalized spacial score (nSPS) is 10.1. The van der Waals surface area contributed by atoms with Crippen LogP contribution in [-0.4, -0.2) is 22.9 Å². The molecular weight excluding hydrogens is 242 g/mol. The zero-order valence-electron chi connectivity index (χ0n) is 9.77. The van der Waals surface area contributed by atoms with Crippen LogP contribution in [0.5, 0.6) is 5.75 Å². The number of pyridine rings is 1. The van der Waals surface area contributed by atoms with Gasteiger partial charge in [-0.2, -0.15) is 12.6 Å². The Labute approximate surface area is 105 Å². The number of aryl methyl sites for hydroxylation is 1. The molecule has 0 saturated carbocycles. The number of thiol groups is 1. The summed E-state index contributed by atoms with van der Waals surface area (Å²) in [5, 5.41) is 9.30. The Bertz CT molecular complexity index is 409. The Morgan fingerprint density at radius 2 is 2.29 bits per heavy atom. The lowest BCUT2D eigenvalue weighted by Gasteiger charge is -2.13. The van der Waals surface area contributed by atoms with E-state index in [9.17, 15) is 9.90 Å². The predicted molar refractivity (Wildman–Crippen MR) is 65.2 cm³/mol. The Hall–Kier alpha value is -1.27. The largest absolute Gasteiger partial charge is 0.513 e. The summed E-state index contributed by atoms with van der Waals surface area (Å²) < 4.78 is 9.72. The molecule has 0 saturated heterocycles. The number of ether oxygens (including phenoxy) is 2. The fourth-order valence-electron chi connectivity index (χ4n) is 1.35. The second-order valence-corrected chi connectivity index (χ2v) is 3.59. The van der Waals surface area contributed by atoms with Crippen LogP contribution in [0.1, 0.15) is 23.7 Å². The molecule has 0 aliphatic rings. The maximum Gasteiger partial charge on any atom is 0.513 e. The van der Waals surface area contributed by atoms with Crippen molar-refractivity contribution in [1.29, 1.82) is 0 Å². The third kappa shape index (κ3) is 3.34. The molecule has 0 unspecified atom stereocenters. The van der Waals surface area contributed by atoms with E-state index in [1.54, 1.807) is 20.0 Å². The Kier molecular flexibility index (Phi) is 5.24. The van der Waals surface area contributed by atoms with Crippen molar-refractivity contribution in [2.75, 3.05) is 6.61 Å². The van der Waals surface area contributed by atoms with Crippen molar-refractivity contribution in [2.24, 2.45) is 0 Å². The van der Waals surface area contributed by atoms with Gasteiger partial charge in [0.2, 0.25) is 0 Å². The van der Waals surface area contributed by atoms with Crippen LogP contribution in [-0.2, 0) is 17.1 Å². The second-order valence-electron chi connectivity index (χ2n) is 3.28. The molecule has 0 spiro atoms. The average molecular weight is 257 g/mol. The van der Waals surface area contributed by atoms with Gasteiger partial charge in [-0.1, -0.05) is 0 Å². The molecule has 0 fully saturated rings. The molecule has 1 aromatic rings. The predicted octanol–water partition coefficient (Wildman–Crippen LogP) is 1.85. The van der Waals surface area contributed by atoms with Crippen LogP contribution in [0.15, 0.2) is 6.20 Å². The number of hydrogen-bond donors (Lipinski definition) is 2. The molecular formula is C11H15NO4S. The van der Waals surface area contributed by atoms with Crippen LogP contribution in [0.25, 0.3) is 0 Å². The first-order chi connectivity index (χ1) is 8.13. The Morgan fingerprint density at radius 3 is 2.82 bits per heavy atom. The minimum Gasteiger partial charge on any atom is -0.434 e. The summed E-state index contributed by atoms with van der Waals surface area (Å²) in [5.41, 5.74) is 1.76. The zero-order valence-corrected chi connectivity index (χ0v) is 10.7. The van der Waals surface area contributed by atoms with E-state index in [-0.39, 0.29) is 19.0 Å². The van der Waals surface area contributed by atoms with Gasteiger partial charge in [-0.15, -0.1) is 0 Å². The van der Waals surface area contributed by atoms with Crippen molar-refractivity contribution < 1.29 is 19.4 Å². The average Bonchev–Trinajstić information content (AvgIpc) is 2.31. The van der Waals surface area contributed by atoms with Crippen LogP contribution in [0, 0.1) is 6.92 Å². The first-order valence-electron chi connectivity index (χ1n) is 5.17. The summed E-state index contributed by atoms with van der Waals surface area (Å²) in [5.74, 6) is 0.653. The molecule has 5 nitrogen and oxygen atoms in total. The number of aliphatic hydroxyl groups excluding tert-OH is 1. The van der Waals surface area contributed by atoms with E-state index in [1.807, 2.05) is 0 Å². The van der Waals surface area contributed by atoms with Crippen molar-refractivity contribution in [1.82, 2.24) is 4.98 Å². The smallest absolute Gasteiger partial charge is 0.434 e. The van der Waals surface area contributed by atoms with Gasteiger partial charge in [-0.05, 0) is 19.4 Å². The van der Waals surface area contributed by atoms with Crippen molar-refractivity contribution in [3.8, 4) is 5.75 Å². The third-order valence-corrected chi connectivity index (χ3v) is 2.52. The topological polar surface area (TPSA) is 68.7 Å². The Balaban J connectivity index is 3.07. The fourth-order valence-corrected chi connectivity index (χ4v) is 1.62. The minimum atomic E-state index is -0.802. The summed E-state index contributed by atoms with van der Waals surface area (Å²) in [7, 11) is 0. The molecule has 0 atom stereocenters. The third-order valence-electron chi connectivity index (χ3n) is 2.18. The van der Waals surface area contributed by atoms with E-state index >= 15 is 0 Å². The maximum absolute atomic E-state index is 11.3. The van der Waals surface area contributed by atoms with Gasteiger partial charge in [0, 0.05) is 17.5 Å². The van der Waals surface area contributed by atoms with E-state index in [4.69, 9.17) is 4.74 Å². The molecule has 0 aliphatic heterocycles. The van der Waals surface area contributed by atoms with Crippen LogP contribution in [0.3, 0.4) is 0 Å². The summed E-state index contributed by atoms with van der Waals surface area (Å²) >= 11 is 4.12. The fraction of sp³-hybridized carbons (Fsp3) is 0.455. The first-order valence-corrected chi connectivity index (χ1v) is 5.80. The van der Waals surface area contributed by atoms with Gasteiger partial charge >= 0.3 is 6.16 Å². The standard InChI is InChI=1S/C11H15NO4S/c1-3-15-11(14)16-10-7(2)12-4-8(6-17)9(10)5-13/h4,13,17H,3,5-6H2,1-2H3. The van der Waals surface area contributed by atoms with Crippen molar-refractivity contribution in [2.45, 2.75) is 26.2 Å². The number of nitrogens with zero attached hydrogens (tertiary/aromatic N) is 1. The van der Waals surface area contributed by atoms with Gasteiger partial charge in [0.1, 0.15) is 0 Å². The highest BCUT2D eigenvalue weighted by molar-refractivity contribution is 7.79. The molecule has 1 aromatic heterocycles. The van der Waals surface area contributed by atoms with Crippen molar-refractivity contribution in [3.05, 3.63) is 23.0 Å².